The molecule has 0 saturated carbocycles. The Morgan fingerprint density at radius 3 is 2.63 bits per heavy atom. The molecule has 27 heavy (non-hydrogen) atoms. The van der Waals surface area contributed by atoms with E-state index < -0.39 is 0 Å². The average Bonchev–Trinajstić information content (AvgIpc) is 3.38. The summed E-state index contributed by atoms with van der Waals surface area (Å²) in [6.07, 6.45) is 3.65. The Hall–Kier alpha value is -3.54. The number of imidazole rings is 1. The minimum absolute atomic E-state index is 0.832. The van der Waals surface area contributed by atoms with Crippen LogP contribution >= 0.6 is 0 Å². The lowest BCUT2D eigenvalue weighted by Crippen LogP contribution is -2.03. The van der Waals surface area contributed by atoms with Gasteiger partial charge in [0, 0.05) is 18.3 Å². The quantitative estimate of drug-likeness (QED) is 0.501. The second kappa shape index (κ2) is 6.02. The smallest absolute Gasteiger partial charge is 0.125 e. The van der Waals surface area contributed by atoms with Crippen LogP contribution < -0.4 is 5.32 Å². The van der Waals surface area contributed by atoms with Gasteiger partial charge in [-0.05, 0) is 31.5 Å². The molecule has 0 aliphatic heterocycles. The molecule has 2 N–H and O–H groups in total. The minimum Gasteiger partial charge on any atom is -0.339 e. The number of rotatable bonds is 4. The van der Waals surface area contributed by atoms with E-state index in [2.05, 4.69) is 78.9 Å². The van der Waals surface area contributed by atoms with Crippen LogP contribution in [0.4, 0.5) is 11.5 Å². The number of aromatic amines is 1. The summed E-state index contributed by atoms with van der Waals surface area (Å²) in [5, 5.41) is 10.4. The first-order valence-electron chi connectivity index (χ1n) is 8.98. The number of hydrogen-bond acceptors (Lipinski definition) is 3. The number of aromatic nitrogens is 5. The maximum absolute atomic E-state index is 4.55. The monoisotopic (exact) mass is 356 g/mol. The van der Waals surface area contributed by atoms with Gasteiger partial charge in [-0.1, -0.05) is 30.3 Å². The van der Waals surface area contributed by atoms with Crippen molar-refractivity contribution in [2.24, 2.45) is 0 Å². The van der Waals surface area contributed by atoms with Crippen molar-refractivity contribution in [2.45, 2.75) is 20.4 Å². The topological polar surface area (TPSA) is 62.9 Å². The van der Waals surface area contributed by atoms with Gasteiger partial charge in [-0.25, -0.2) is 4.98 Å². The fourth-order valence-electron chi connectivity index (χ4n) is 3.70. The fourth-order valence-corrected chi connectivity index (χ4v) is 3.70. The molecule has 0 spiro atoms. The molecule has 0 radical (unpaired) electrons. The zero-order chi connectivity index (χ0) is 18.4. The summed E-state index contributed by atoms with van der Waals surface area (Å²) in [5.41, 5.74) is 6.90. The second-order valence-corrected chi connectivity index (χ2v) is 6.81. The molecule has 0 saturated heterocycles. The lowest BCUT2D eigenvalue weighted by molar-refractivity contribution is 0.805. The predicted octanol–water partition coefficient (Wildman–Crippen LogP) is 4.42. The van der Waals surface area contributed by atoms with E-state index in [0.29, 0.717) is 0 Å². The highest BCUT2D eigenvalue weighted by Gasteiger charge is 2.15. The number of benzene rings is 1. The molecular weight excluding hydrogens is 336 g/mol. The van der Waals surface area contributed by atoms with Crippen molar-refractivity contribution >= 4 is 28.1 Å². The molecule has 0 atom stereocenters. The number of pyridine rings is 1. The first kappa shape index (κ1) is 15.7. The van der Waals surface area contributed by atoms with E-state index in [1.807, 2.05) is 19.2 Å². The van der Waals surface area contributed by atoms with Crippen molar-refractivity contribution < 1.29 is 0 Å². The SMILES string of the molecule is Cc1cc2c(cc(Nc3ccn[nH]3)c3cnc(C)n32)n1Cc1ccccc1. The Labute approximate surface area is 156 Å². The van der Waals surface area contributed by atoms with Crippen molar-refractivity contribution in [1.82, 2.24) is 24.1 Å². The molecule has 5 aromatic rings. The molecule has 1 aromatic carbocycles. The summed E-state index contributed by atoms with van der Waals surface area (Å²) in [5.74, 6) is 1.83. The zero-order valence-corrected chi connectivity index (χ0v) is 15.3. The Balaban J connectivity index is 1.73. The Bertz CT molecular complexity index is 1230. The van der Waals surface area contributed by atoms with Crippen LogP contribution in [0.15, 0.2) is 60.9 Å². The predicted molar refractivity (Wildman–Crippen MR) is 108 cm³/mol. The van der Waals surface area contributed by atoms with Crippen molar-refractivity contribution in [3.63, 3.8) is 0 Å². The van der Waals surface area contributed by atoms with E-state index >= 15 is 0 Å². The van der Waals surface area contributed by atoms with Crippen LogP contribution in [0.3, 0.4) is 0 Å². The summed E-state index contributed by atoms with van der Waals surface area (Å²) < 4.78 is 4.56. The van der Waals surface area contributed by atoms with Gasteiger partial charge in [0.2, 0.25) is 0 Å². The molecule has 0 aliphatic carbocycles. The zero-order valence-electron chi connectivity index (χ0n) is 15.3. The summed E-state index contributed by atoms with van der Waals surface area (Å²) in [4.78, 5) is 4.55. The van der Waals surface area contributed by atoms with Gasteiger partial charge in [0.25, 0.3) is 0 Å². The van der Waals surface area contributed by atoms with E-state index in [-0.39, 0.29) is 0 Å². The molecule has 134 valence electrons. The van der Waals surface area contributed by atoms with Crippen LogP contribution in [-0.2, 0) is 6.54 Å². The van der Waals surface area contributed by atoms with Crippen LogP contribution in [0, 0.1) is 13.8 Å². The first-order valence-corrected chi connectivity index (χ1v) is 8.98. The van der Waals surface area contributed by atoms with Gasteiger partial charge in [-0.2, -0.15) is 5.10 Å². The van der Waals surface area contributed by atoms with E-state index in [4.69, 9.17) is 0 Å². The van der Waals surface area contributed by atoms with E-state index in [1.54, 1.807) is 6.20 Å². The molecule has 0 unspecified atom stereocenters. The number of fused-ring (bicyclic) bond motifs is 3. The van der Waals surface area contributed by atoms with Gasteiger partial charge in [0.1, 0.15) is 11.6 Å². The highest BCUT2D eigenvalue weighted by molar-refractivity contribution is 5.91. The van der Waals surface area contributed by atoms with Crippen molar-refractivity contribution in [3.8, 4) is 0 Å². The summed E-state index contributed by atoms with van der Waals surface area (Å²) in [6.45, 7) is 5.03. The van der Waals surface area contributed by atoms with Gasteiger partial charge in [0.15, 0.2) is 0 Å². The van der Waals surface area contributed by atoms with Gasteiger partial charge in [0.05, 0.1) is 34.6 Å². The highest BCUT2D eigenvalue weighted by Crippen LogP contribution is 2.30. The Kier molecular flexibility index (Phi) is 3.50. The van der Waals surface area contributed by atoms with Crippen molar-refractivity contribution in [3.05, 3.63) is 78.0 Å². The van der Waals surface area contributed by atoms with E-state index in [1.165, 1.54) is 22.3 Å². The highest BCUT2D eigenvalue weighted by atomic mass is 15.2. The molecule has 0 fully saturated rings. The van der Waals surface area contributed by atoms with Gasteiger partial charge in [-0.15, -0.1) is 0 Å². The summed E-state index contributed by atoms with van der Waals surface area (Å²) in [6, 6.07) is 16.9. The Morgan fingerprint density at radius 1 is 1.00 bits per heavy atom. The van der Waals surface area contributed by atoms with Crippen molar-refractivity contribution in [1.29, 1.82) is 0 Å². The lowest BCUT2D eigenvalue weighted by Gasteiger charge is -2.12. The van der Waals surface area contributed by atoms with Crippen LogP contribution in [0.25, 0.3) is 16.6 Å². The number of nitrogens with zero attached hydrogens (tertiary/aromatic N) is 4. The molecule has 4 heterocycles. The third-order valence-electron chi connectivity index (χ3n) is 5.01. The third-order valence-corrected chi connectivity index (χ3v) is 5.01. The van der Waals surface area contributed by atoms with Crippen LogP contribution in [0.1, 0.15) is 17.1 Å². The lowest BCUT2D eigenvalue weighted by atomic mass is 10.2. The standard InChI is InChI=1S/C21H20N6/c1-14-10-19-18(26(14)13-16-6-4-3-5-7-16)11-17(24-21-8-9-23-25-21)20-12-22-15(2)27(19)20/h3-12H,13H2,1-2H3,(H2,23,24,25). The number of hydrogen-bond donors (Lipinski definition) is 2. The normalized spacial score (nSPS) is 11.5. The largest absolute Gasteiger partial charge is 0.339 e. The number of nitrogens with one attached hydrogen (secondary N) is 2. The average molecular weight is 356 g/mol. The molecular formula is C21H20N6. The molecule has 0 aliphatic rings. The molecule has 5 rings (SSSR count). The van der Waals surface area contributed by atoms with Crippen LogP contribution in [0.2, 0.25) is 0 Å². The maximum Gasteiger partial charge on any atom is 0.125 e. The molecule has 0 bridgehead atoms. The first-order chi connectivity index (χ1) is 13.2. The van der Waals surface area contributed by atoms with Gasteiger partial charge in [-0.3, -0.25) is 9.50 Å². The number of anilines is 2. The van der Waals surface area contributed by atoms with Gasteiger partial charge < -0.3 is 9.88 Å². The molecule has 6 nitrogen and oxygen atoms in total. The third kappa shape index (κ3) is 2.57. The summed E-state index contributed by atoms with van der Waals surface area (Å²) >= 11 is 0. The number of H-pyrrole nitrogens is 1. The molecule has 4 aromatic heterocycles. The Morgan fingerprint density at radius 2 is 1.85 bits per heavy atom. The van der Waals surface area contributed by atoms with E-state index in [9.17, 15) is 0 Å². The minimum atomic E-state index is 0.832. The summed E-state index contributed by atoms with van der Waals surface area (Å²) in [7, 11) is 0. The van der Waals surface area contributed by atoms with E-state index in [0.717, 1.165) is 29.4 Å². The maximum atomic E-state index is 4.55. The van der Waals surface area contributed by atoms with Crippen LogP contribution in [-0.4, -0.2) is 24.1 Å². The van der Waals surface area contributed by atoms with Gasteiger partial charge >= 0.3 is 0 Å². The second-order valence-electron chi connectivity index (χ2n) is 6.81. The molecule has 6 heteroatoms. The fraction of sp³-hybridized carbons (Fsp3) is 0.143. The van der Waals surface area contributed by atoms with Crippen LogP contribution in [0.5, 0.6) is 0 Å². The van der Waals surface area contributed by atoms with Crippen molar-refractivity contribution in [2.75, 3.05) is 5.32 Å². The number of aryl methyl sites for hydroxylation is 2. The molecule has 0 amide bonds.